The molecule has 1 aliphatic heterocycles. The summed E-state index contributed by atoms with van der Waals surface area (Å²) >= 11 is 0. The van der Waals surface area contributed by atoms with Crippen molar-refractivity contribution in [1.82, 2.24) is 15.1 Å². The van der Waals surface area contributed by atoms with E-state index in [1.54, 1.807) is 7.05 Å². The summed E-state index contributed by atoms with van der Waals surface area (Å²) in [6.45, 7) is 6.20. The third-order valence-corrected chi connectivity index (χ3v) is 3.43. The fourth-order valence-corrected chi connectivity index (χ4v) is 2.42. The highest BCUT2D eigenvalue weighted by atomic mass is 16.2. The van der Waals surface area contributed by atoms with E-state index in [1.165, 1.54) is 0 Å². The van der Waals surface area contributed by atoms with Crippen LogP contribution in [0.1, 0.15) is 26.7 Å². The summed E-state index contributed by atoms with van der Waals surface area (Å²) in [5.74, 6) is 0.764. The van der Waals surface area contributed by atoms with E-state index >= 15 is 0 Å². The number of likely N-dealkylation sites (tertiary alicyclic amines) is 1. The molecule has 1 unspecified atom stereocenters. The van der Waals surface area contributed by atoms with Crippen molar-refractivity contribution < 1.29 is 9.59 Å². The molecule has 1 rings (SSSR count). The van der Waals surface area contributed by atoms with Gasteiger partial charge in [0, 0.05) is 32.6 Å². The quantitative estimate of drug-likeness (QED) is 0.769. The molecule has 18 heavy (non-hydrogen) atoms. The highest BCUT2D eigenvalue weighted by Gasteiger charge is 2.27. The van der Waals surface area contributed by atoms with Crippen molar-refractivity contribution in [1.29, 1.82) is 0 Å². The van der Waals surface area contributed by atoms with Crippen LogP contribution in [0.4, 0.5) is 0 Å². The van der Waals surface area contributed by atoms with Crippen LogP contribution in [-0.4, -0.2) is 61.4 Å². The smallest absolute Gasteiger partial charge is 0.233 e. The molecule has 104 valence electrons. The van der Waals surface area contributed by atoms with Crippen molar-refractivity contribution >= 4 is 11.8 Å². The largest absolute Gasteiger partial charge is 0.358 e. The van der Waals surface area contributed by atoms with Crippen LogP contribution in [0, 0.1) is 5.92 Å². The summed E-state index contributed by atoms with van der Waals surface area (Å²) in [4.78, 5) is 27.0. The summed E-state index contributed by atoms with van der Waals surface area (Å²) in [6.07, 6.45) is 1.57. The van der Waals surface area contributed by atoms with Crippen LogP contribution in [0.5, 0.6) is 0 Å². The second-order valence-electron chi connectivity index (χ2n) is 5.41. The van der Waals surface area contributed by atoms with Crippen LogP contribution >= 0.6 is 0 Å². The summed E-state index contributed by atoms with van der Waals surface area (Å²) < 4.78 is 0. The summed E-state index contributed by atoms with van der Waals surface area (Å²) in [5.41, 5.74) is 0. The molecule has 0 aromatic rings. The number of piperidine rings is 1. The van der Waals surface area contributed by atoms with Crippen molar-refractivity contribution in [2.75, 3.05) is 33.7 Å². The second-order valence-corrected chi connectivity index (χ2v) is 5.41. The third kappa shape index (κ3) is 4.29. The number of hydrogen-bond acceptors (Lipinski definition) is 3. The number of nitrogens with one attached hydrogen (secondary N) is 1. The number of carbonyl (C=O) groups is 2. The molecule has 1 atom stereocenters. The fraction of sp³-hybridized carbons (Fsp3) is 0.846. The van der Waals surface area contributed by atoms with Gasteiger partial charge in [-0.25, -0.2) is 0 Å². The van der Waals surface area contributed by atoms with E-state index in [0.29, 0.717) is 18.9 Å². The molecule has 0 bridgehead atoms. The fourth-order valence-electron chi connectivity index (χ4n) is 2.42. The van der Waals surface area contributed by atoms with Crippen molar-refractivity contribution in [2.45, 2.75) is 32.7 Å². The standard InChI is InChI=1S/C13H25N3O2/c1-10(2)16-8-11(5-6-13(16)18)7-15(4)9-12(17)14-3/h10-11H,5-9H2,1-4H3,(H,14,17). The minimum atomic E-state index is 0.0325. The van der Waals surface area contributed by atoms with Crippen LogP contribution < -0.4 is 5.32 Å². The van der Waals surface area contributed by atoms with E-state index in [0.717, 1.165) is 19.5 Å². The van der Waals surface area contributed by atoms with E-state index in [1.807, 2.05) is 16.8 Å². The number of rotatable bonds is 5. The van der Waals surface area contributed by atoms with Gasteiger partial charge in [-0.1, -0.05) is 0 Å². The summed E-state index contributed by atoms with van der Waals surface area (Å²) in [5, 5.41) is 2.62. The molecule has 1 N–H and O–H groups in total. The van der Waals surface area contributed by atoms with Crippen LogP contribution in [0.3, 0.4) is 0 Å². The molecular formula is C13H25N3O2. The van der Waals surface area contributed by atoms with Crippen molar-refractivity contribution in [3.05, 3.63) is 0 Å². The Morgan fingerprint density at radius 2 is 2.22 bits per heavy atom. The van der Waals surface area contributed by atoms with Gasteiger partial charge in [-0.15, -0.1) is 0 Å². The third-order valence-electron chi connectivity index (χ3n) is 3.43. The van der Waals surface area contributed by atoms with Gasteiger partial charge in [0.25, 0.3) is 0 Å². The van der Waals surface area contributed by atoms with Gasteiger partial charge in [-0.2, -0.15) is 0 Å². The lowest BCUT2D eigenvalue weighted by atomic mass is 9.96. The molecule has 1 saturated heterocycles. The number of hydrogen-bond donors (Lipinski definition) is 1. The van der Waals surface area contributed by atoms with Gasteiger partial charge < -0.3 is 10.2 Å². The first-order valence-electron chi connectivity index (χ1n) is 6.62. The van der Waals surface area contributed by atoms with Gasteiger partial charge in [0.05, 0.1) is 6.54 Å². The Labute approximate surface area is 110 Å². The Morgan fingerprint density at radius 1 is 1.56 bits per heavy atom. The monoisotopic (exact) mass is 255 g/mol. The predicted octanol–water partition coefficient (Wildman–Crippen LogP) is 0.311. The van der Waals surface area contributed by atoms with E-state index in [9.17, 15) is 9.59 Å². The Hall–Kier alpha value is -1.10. The van der Waals surface area contributed by atoms with Gasteiger partial charge in [-0.3, -0.25) is 14.5 Å². The molecule has 1 heterocycles. The van der Waals surface area contributed by atoms with Gasteiger partial charge in [-0.05, 0) is 33.2 Å². The van der Waals surface area contributed by atoms with Crippen molar-refractivity contribution in [3.8, 4) is 0 Å². The molecule has 0 aromatic carbocycles. The first-order valence-corrected chi connectivity index (χ1v) is 6.62. The number of nitrogens with zero attached hydrogens (tertiary/aromatic N) is 2. The maximum absolute atomic E-state index is 11.7. The zero-order chi connectivity index (χ0) is 13.7. The zero-order valence-electron chi connectivity index (χ0n) is 11.9. The second kappa shape index (κ2) is 6.73. The molecule has 1 fully saturated rings. The predicted molar refractivity (Wildman–Crippen MR) is 71.1 cm³/mol. The van der Waals surface area contributed by atoms with E-state index in [-0.39, 0.29) is 17.9 Å². The molecule has 0 aliphatic carbocycles. The minimum Gasteiger partial charge on any atom is -0.358 e. The Morgan fingerprint density at radius 3 is 2.78 bits per heavy atom. The molecule has 0 aromatic heterocycles. The van der Waals surface area contributed by atoms with Crippen molar-refractivity contribution in [2.24, 2.45) is 5.92 Å². The molecule has 0 saturated carbocycles. The zero-order valence-corrected chi connectivity index (χ0v) is 11.9. The minimum absolute atomic E-state index is 0.0325. The summed E-state index contributed by atoms with van der Waals surface area (Å²) in [7, 11) is 3.60. The first kappa shape index (κ1) is 15.0. The topological polar surface area (TPSA) is 52.7 Å². The average molecular weight is 255 g/mol. The normalized spacial score (nSPS) is 20.7. The van der Waals surface area contributed by atoms with Crippen LogP contribution in [0.2, 0.25) is 0 Å². The molecule has 0 radical (unpaired) electrons. The maximum atomic E-state index is 11.7. The highest BCUT2D eigenvalue weighted by Crippen LogP contribution is 2.20. The maximum Gasteiger partial charge on any atom is 0.233 e. The van der Waals surface area contributed by atoms with Gasteiger partial charge in [0.2, 0.25) is 11.8 Å². The molecule has 5 heteroatoms. The molecule has 0 spiro atoms. The number of likely N-dealkylation sites (N-methyl/N-ethyl adjacent to an activating group) is 2. The SMILES string of the molecule is CNC(=O)CN(C)CC1CCC(=O)N(C(C)C)C1. The van der Waals surface area contributed by atoms with E-state index in [2.05, 4.69) is 19.2 Å². The number of carbonyl (C=O) groups excluding carboxylic acids is 2. The average Bonchev–Trinajstić information content (AvgIpc) is 2.31. The van der Waals surface area contributed by atoms with Gasteiger partial charge in [0.15, 0.2) is 0 Å². The van der Waals surface area contributed by atoms with Crippen molar-refractivity contribution in [3.63, 3.8) is 0 Å². The van der Waals surface area contributed by atoms with Crippen LogP contribution in [0.15, 0.2) is 0 Å². The van der Waals surface area contributed by atoms with E-state index < -0.39 is 0 Å². The Kier molecular flexibility index (Phi) is 5.59. The highest BCUT2D eigenvalue weighted by molar-refractivity contribution is 5.78. The molecule has 1 aliphatic rings. The lowest BCUT2D eigenvalue weighted by Crippen LogP contribution is -2.47. The lowest BCUT2D eigenvalue weighted by Gasteiger charge is -2.36. The lowest BCUT2D eigenvalue weighted by molar-refractivity contribution is -0.137. The van der Waals surface area contributed by atoms with Gasteiger partial charge >= 0.3 is 0 Å². The van der Waals surface area contributed by atoms with Gasteiger partial charge in [0.1, 0.15) is 0 Å². The van der Waals surface area contributed by atoms with Crippen LogP contribution in [0.25, 0.3) is 0 Å². The van der Waals surface area contributed by atoms with E-state index in [4.69, 9.17) is 0 Å². The molecule has 5 nitrogen and oxygen atoms in total. The molecule has 2 amide bonds. The Bertz CT molecular complexity index is 305. The molecular weight excluding hydrogens is 230 g/mol. The van der Waals surface area contributed by atoms with Crippen LogP contribution in [-0.2, 0) is 9.59 Å². The summed E-state index contributed by atoms with van der Waals surface area (Å²) in [6, 6.07) is 0.268. The first-order chi connectivity index (χ1) is 8.43. The number of amides is 2. The Balaban J connectivity index is 2.43.